The number of nitrogens with one attached hydrogen (secondary N) is 1. The van der Waals surface area contributed by atoms with Crippen LogP contribution in [-0.2, 0) is 0 Å². The van der Waals surface area contributed by atoms with Gasteiger partial charge in [-0.2, -0.15) is 0 Å². The molecular weight excluding hydrogens is 260 g/mol. The lowest BCUT2D eigenvalue weighted by atomic mass is 10.0. The predicted molar refractivity (Wildman–Crippen MR) is 83.7 cm³/mol. The zero-order chi connectivity index (χ0) is 14.5. The van der Waals surface area contributed by atoms with Gasteiger partial charge in [0.2, 0.25) is 0 Å². The summed E-state index contributed by atoms with van der Waals surface area (Å²) in [6, 6.07) is 12.6. The number of pyridine rings is 1. The van der Waals surface area contributed by atoms with Crippen molar-refractivity contribution in [1.29, 1.82) is 0 Å². The summed E-state index contributed by atoms with van der Waals surface area (Å²) >= 11 is 0. The molecule has 1 N–H and O–H groups in total. The van der Waals surface area contributed by atoms with Crippen LogP contribution in [0.25, 0.3) is 11.1 Å². The van der Waals surface area contributed by atoms with Crippen LogP contribution in [0.15, 0.2) is 67.4 Å². The Morgan fingerprint density at radius 2 is 1.67 bits per heavy atom. The van der Waals surface area contributed by atoms with Crippen LogP contribution in [0.5, 0.6) is 0 Å². The average Bonchev–Trinajstić information content (AvgIpc) is 2.57. The summed E-state index contributed by atoms with van der Waals surface area (Å²) in [7, 11) is 0. The average molecular weight is 276 g/mol. The molecule has 4 heteroatoms. The molecule has 4 nitrogen and oxygen atoms in total. The molecule has 3 aromatic rings. The minimum absolute atomic E-state index is 0.171. The van der Waals surface area contributed by atoms with Crippen molar-refractivity contribution in [1.82, 2.24) is 15.0 Å². The molecule has 2 heterocycles. The second-order valence-electron chi connectivity index (χ2n) is 4.82. The first kappa shape index (κ1) is 13.2. The maximum absolute atomic E-state index is 4.23. The Balaban J connectivity index is 1.75. The second kappa shape index (κ2) is 6.13. The van der Waals surface area contributed by atoms with E-state index in [0.717, 1.165) is 11.4 Å². The van der Waals surface area contributed by atoms with E-state index in [-0.39, 0.29) is 6.04 Å². The van der Waals surface area contributed by atoms with Gasteiger partial charge in [-0.25, -0.2) is 4.98 Å². The third kappa shape index (κ3) is 3.23. The fourth-order valence-corrected chi connectivity index (χ4v) is 2.18. The first-order valence-electron chi connectivity index (χ1n) is 6.86. The van der Waals surface area contributed by atoms with Crippen LogP contribution < -0.4 is 5.32 Å². The zero-order valence-electron chi connectivity index (χ0n) is 11.8. The van der Waals surface area contributed by atoms with Crippen molar-refractivity contribution in [2.75, 3.05) is 5.32 Å². The first-order chi connectivity index (χ1) is 10.3. The molecule has 104 valence electrons. The monoisotopic (exact) mass is 276 g/mol. The molecule has 0 unspecified atom stereocenters. The van der Waals surface area contributed by atoms with E-state index in [2.05, 4.69) is 57.5 Å². The van der Waals surface area contributed by atoms with E-state index in [1.165, 1.54) is 11.1 Å². The molecule has 0 aliphatic carbocycles. The van der Waals surface area contributed by atoms with Gasteiger partial charge >= 0.3 is 0 Å². The highest BCUT2D eigenvalue weighted by atomic mass is 15.0. The van der Waals surface area contributed by atoms with Crippen molar-refractivity contribution in [3.8, 4) is 11.1 Å². The minimum Gasteiger partial charge on any atom is -0.362 e. The third-order valence-corrected chi connectivity index (χ3v) is 3.33. The number of rotatable bonds is 4. The van der Waals surface area contributed by atoms with Gasteiger partial charge in [0.05, 0.1) is 6.20 Å². The molecule has 0 aliphatic rings. The van der Waals surface area contributed by atoms with Crippen molar-refractivity contribution in [3.05, 3.63) is 72.9 Å². The van der Waals surface area contributed by atoms with E-state index in [1.54, 1.807) is 24.8 Å². The molecule has 0 spiro atoms. The van der Waals surface area contributed by atoms with E-state index in [0.29, 0.717) is 0 Å². The molecule has 1 atom stereocenters. The number of hydrogen-bond donors (Lipinski definition) is 1. The smallest absolute Gasteiger partial charge is 0.144 e. The van der Waals surface area contributed by atoms with E-state index < -0.39 is 0 Å². The van der Waals surface area contributed by atoms with E-state index in [1.807, 2.05) is 12.3 Å². The quantitative estimate of drug-likeness (QED) is 0.789. The van der Waals surface area contributed by atoms with Crippen LogP contribution in [-0.4, -0.2) is 15.0 Å². The lowest BCUT2D eigenvalue weighted by molar-refractivity contribution is 0.871. The number of anilines is 1. The van der Waals surface area contributed by atoms with Crippen LogP contribution in [0.4, 0.5) is 5.82 Å². The lowest BCUT2D eigenvalue weighted by Gasteiger charge is -2.15. The van der Waals surface area contributed by atoms with Gasteiger partial charge in [0, 0.05) is 30.8 Å². The molecule has 1 aromatic carbocycles. The molecule has 0 amide bonds. The third-order valence-electron chi connectivity index (χ3n) is 3.33. The highest BCUT2D eigenvalue weighted by Gasteiger charge is 2.06. The molecule has 21 heavy (non-hydrogen) atoms. The summed E-state index contributed by atoms with van der Waals surface area (Å²) in [6.45, 7) is 2.10. The van der Waals surface area contributed by atoms with Crippen molar-refractivity contribution in [3.63, 3.8) is 0 Å². The standard InChI is InChI=1S/C17H16N4/c1-13(21-17-12-19-9-10-20-17)14-4-6-15(7-5-14)16-3-2-8-18-11-16/h2-13H,1H3,(H,20,21)/t13-/m0/s1. The van der Waals surface area contributed by atoms with E-state index in [4.69, 9.17) is 0 Å². The highest BCUT2D eigenvalue weighted by Crippen LogP contribution is 2.22. The zero-order valence-corrected chi connectivity index (χ0v) is 11.8. The Morgan fingerprint density at radius 1 is 0.857 bits per heavy atom. The van der Waals surface area contributed by atoms with Crippen LogP contribution in [0, 0.1) is 0 Å². The van der Waals surface area contributed by atoms with Gasteiger partial charge in [0.1, 0.15) is 5.82 Å². The Kier molecular flexibility index (Phi) is 3.87. The summed E-state index contributed by atoms with van der Waals surface area (Å²) in [4.78, 5) is 12.4. The van der Waals surface area contributed by atoms with Crippen LogP contribution in [0.2, 0.25) is 0 Å². The van der Waals surface area contributed by atoms with Gasteiger partial charge in [-0.05, 0) is 29.7 Å². The van der Waals surface area contributed by atoms with Crippen LogP contribution in [0.3, 0.4) is 0 Å². The van der Waals surface area contributed by atoms with Crippen molar-refractivity contribution in [2.45, 2.75) is 13.0 Å². The Labute approximate surface area is 123 Å². The van der Waals surface area contributed by atoms with Crippen LogP contribution >= 0.6 is 0 Å². The molecule has 0 saturated heterocycles. The first-order valence-corrected chi connectivity index (χ1v) is 6.86. The van der Waals surface area contributed by atoms with Crippen LogP contribution in [0.1, 0.15) is 18.5 Å². The minimum atomic E-state index is 0.171. The summed E-state index contributed by atoms with van der Waals surface area (Å²) in [6.07, 6.45) is 8.72. The summed E-state index contributed by atoms with van der Waals surface area (Å²) in [5.74, 6) is 0.779. The SMILES string of the molecule is C[C@H](Nc1cnccn1)c1ccc(-c2cccnc2)cc1. The topological polar surface area (TPSA) is 50.7 Å². The molecule has 2 aromatic heterocycles. The van der Waals surface area contributed by atoms with E-state index in [9.17, 15) is 0 Å². The summed E-state index contributed by atoms with van der Waals surface area (Å²) in [5.41, 5.74) is 3.49. The number of benzene rings is 1. The van der Waals surface area contributed by atoms with Gasteiger partial charge in [-0.15, -0.1) is 0 Å². The maximum atomic E-state index is 4.23. The molecule has 0 saturated carbocycles. The Hall–Kier alpha value is -2.75. The molecule has 0 fully saturated rings. The number of aromatic nitrogens is 3. The normalized spacial score (nSPS) is 11.9. The molecular formula is C17H16N4. The maximum Gasteiger partial charge on any atom is 0.144 e. The molecule has 0 bridgehead atoms. The highest BCUT2D eigenvalue weighted by molar-refractivity contribution is 5.62. The van der Waals surface area contributed by atoms with Gasteiger partial charge in [-0.1, -0.05) is 30.3 Å². The van der Waals surface area contributed by atoms with Gasteiger partial charge in [0.15, 0.2) is 0 Å². The summed E-state index contributed by atoms with van der Waals surface area (Å²) < 4.78 is 0. The summed E-state index contributed by atoms with van der Waals surface area (Å²) in [5, 5.41) is 3.33. The predicted octanol–water partition coefficient (Wildman–Crippen LogP) is 3.71. The van der Waals surface area contributed by atoms with Crippen molar-refractivity contribution in [2.24, 2.45) is 0 Å². The molecule has 3 rings (SSSR count). The fourth-order valence-electron chi connectivity index (χ4n) is 2.18. The molecule has 0 aliphatic heterocycles. The van der Waals surface area contributed by atoms with Gasteiger partial charge in [0.25, 0.3) is 0 Å². The lowest BCUT2D eigenvalue weighted by Crippen LogP contribution is -2.07. The van der Waals surface area contributed by atoms with E-state index >= 15 is 0 Å². The van der Waals surface area contributed by atoms with Crippen molar-refractivity contribution < 1.29 is 0 Å². The Morgan fingerprint density at radius 3 is 2.33 bits per heavy atom. The van der Waals surface area contributed by atoms with Crippen molar-refractivity contribution >= 4 is 5.82 Å². The van der Waals surface area contributed by atoms with Gasteiger partial charge in [-0.3, -0.25) is 9.97 Å². The Bertz CT molecular complexity index is 681. The number of nitrogens with zero attached hydrogens (tertiary/aromatic N) is 3. The second-order valence-corrected chi connectivity index (χ2v) is 4.82. The largest absolute Gasteiger partial charge is 0.362 e. The fraction of sp³-hybridized carbons (Fsp3) is 0.118. The van der Waals surface area contributed by atoms with Gasteiger partial charge < -0.3 is 5.32 Å². The number of hydrogen-bond acceptors (Lipinski definition) is 4. The molecule has 0 radical (unpaired) electrons.